The number of carbonyl (C=O) groups excluding carboxylic acids is 2. The molecule has 0 bridgehead atoms. The first-order chi connectivity index (χ1) is 13.9. The number of anilines is 2. The summed E-state index contributed by atoms with van der Waals surface area (Å²) >= 11 is 6.15. The van der Waals surface area contributed by atoms with Gasteiger partial charge in [0.2, 0.25) is 11.8 Å². The van der Waals surface area contributed by atoms with E-state index in [9.17, 15) is 9.59 Å². The van der Waals surface area contributed by atoms with Gasteiger partial charge in [0.25, 0.3) is 0 Å². The Morgan fingerprint density at radius 1 is 1.03 bits per heavy atom. The number of hydrogen-bond acceptors (Lipinski definition) is 6. The number of benzene rings is 2. The van der Waals surface area contributed by atoms with Crippen LogP contribution in [0.15, 0.2) is 36.4 Å². The van der Waals surface area contributed by atoms with Crippen molar-refractivity contribution in [1.82, 2.24) is 0 Å². The number of nitrogens with zero attached hydrogens (tertiary/aromatic N) is 1. The molecule has 0 radical (unpaired) electrons. The molecule has 2 amide bonds. The van der Waals surface area contributed by atoms with Crippen LogP contribution in [0.2, 0.25) is 5.02 Å². The predicted molar refractivity (Wildman–Crippen MR) is 112 cm³/mol. The standard InChI is InChI=1S/C20H24ClN3O5/c1-27-14-6-4-13(5-7-14)24(9-8-19(22)25)12-20(26)23-16-10-15(21)17(28-2)11-18(16)29-3/h4-7,10-11H,8-9,12H2,1-3H3,(H2,22,25)(H,23,26). The van der Waals surface area contributed by atoms with Gasteiger partial charge in [0.05, 0.1) is 38.6 Å². The zero-order valence-electron chi connectivity index (χ0n) is 16.5. The average Bonchev–Trinajstić information content (AvgIpc) is 2.71. The van der Waals surface area contributed by atoms with E-state index in [4.69, 9.17) is 31.5 Å². The largest absolute Gasteiger partial charge is 0.497 e. The molecule has 0 saturated heterocycles. The maximum Gasteiger partial charge on any atom is 0.243 e. The van der Waals surface area contributed by atoms with Crippen molar-refractivity contribution in [3.63, 3.8) is 0 Å². The summed E-state index contributed by atoms with van der Waals surface area (Å²) in [5.74, 6) is 0.763. The van der Waals surface area contributed by atoms with Gasteiger partial charge in [-0.2, -0.15) is 0 Å². The van der Waals surface area contributed by atoms with Gasteiger partial charge in [-0.25, -0.2) is 0 Å². The summed E-state index contributed by atoms with van der Waals surface area (Å²) in [7, 11) is 4.54. The zero-order valence-corrected chi connectivity index (χ0v) is 17.3. The van der Waals surface area contributed by atoms with Crippen molar-refractivity contribution >= 4 is 34.8 Å². The van der Waals surface area contributed by atoms with E-state index in [-0.39, 0.29) is 25.4 Å². The minimum atomic E-state index is -0.451. The fourth-order valence-corrected chi connectivity index (χ4v) is 2.90. The Balaban J connectivity index is 2.18. The summed E-state index contributed by atoms with van der Waals surface area (Å²) in [6.45, 7) is 0.280. The van der Waals surface area contributed by atoms with Crippen molar-refractivity contribution in [2.45, 2.75) is 6.42 Å². The number of methoxy groups -OCH3 is 3. The van der Waals surface area contributed by atoms with Crippen molar-refractivity contribution in [2.24, 2.45) is 5.73 Å². The third kappa shape index (κ3) is 6.18. The lowest BCUT2D eigenvalue weighted by atomic mass is 10.2. The van der Waals surface area contributed by atoms with E-state index >= 15 is 0 Å². The minimum absolute atomic E-state index is 0.00753. The molecule has 3 N–H and O–H groups in total. The summed E-state index contributed by atoms with van der Waals surface area (Å²) in [6, 6.07) is 10.3. The topological polar surface area (TPSA) is 103 Å². The van der Waals surface area contributed by atoms with E-state index in [0.29, 0.717) is 28.0 Å². The van der Waals surface area contributed by atoms with Crippen LogP contribution >= 0.6 is 11.6 Å². The highest BCUT2D eigenvalue weighted by Gasteiger charge is 2.16. The van der Waals surface area contributed by atoms with Gasteiger partial charge in [-0.1, -0.05) is 11.6 Å². The van der Waals surface area contributed by atoms with Gasteiger partial charge in [-0.15, -0.1) is 0 Å². The predicted octanol–water partition coefficient (Wildman–Crippen LogP) is 2.69. The SMILES string of the molecule is COc1ccc(N(CCC(N)=O)CC(=O)Nc2cc(Cl)c(OC)cc2OC)cc1. The molecule has 0 spiro atoms. The second-order valence-electron chi connectivity index (χ2n) is 6.07. The monoisotopic (exact) mass is 421 g/mol. The summed E-state index contributed by atoms with van der Waals surface area (Å²) in [6.07, 6.45) is 0.108. The molecular weight excluding hydrogens is 398 g/mol. The Labute approximate surface area is 174 Å². The van der Waals surface area contributed by atoms with Crippen LogP contribution in [0.4, 0.5) is 11.4 Å². The van der Waals surface area contributed by atoms with E-state index in [1.54, 1.807) is 48.4 Å². The van der Waals surface area contributed by atoms with Crippen LogP contribution in [0.5, 0.6) is 17.2 Å². The van der Waals surface area contributed by atoms with Gasteiger partial charge >= 0.3 is 0 Å². The van der Waals surface area contributed by atoms with Crippen LogP contribution in [0.1, 0.15) is 6.42 Å². The lowest BCUT2D eigenvalue weighted by molar-refractivity contribution is -0.118. The Kier molecular flexibility index (Phi) is 7.97. The second kappa shape index (κ2) is 10.4. The van der Waals surface area contributed by atoms with Crippen LogP contribution in [0, 0.1) is 0 Å². The summed E-state index contributed by atoms with van der Waals surface area (Å²) < 4.78 is 15.6. The molecule has 0 aromatic heterocycles. The molecule has 8 nitrogen and oxygen atoms in total. The third-order valence-electron chi connectivity index (χ3n) is 4.15. The van der Waals surface area contributed by atoms with Crippen LogP contribution in [-0.2, 0) is 9.59 Å². The Bertz CT molecular complexity index is 858. The number of amides is 2. The van der Waals surface area contributed by atoms with E-state index < -0.39 is 5.91 Å². The number of hydrogen-bond donors (Lipinski definition) is 2. The molecule has 0 aliphatic carbocycles. The molecular formula is C20H24ClN3O5. The molecule has 2 aromatic rings. The maximum atomic E-state index is 12.7. The lowest BCUT2D eigenvalue weighted by Crippen LogP contribution is -2.35. The molecule has 29 heavy (non-hydrogen) atoms. The van der Waals surface area contributed by atoms with Gasteiger partial charge in [0.15, 0.2) is 0 Å². The first-order valence-corrected chi connectivity index (χ1v) is 9.14. The lowest BCUT2D eigenvalue weighted by Gasteiger charge is -2.24. The number of carbonyl (C=O) groups is 2. The molecule has 156 valence electrons. The number of rotatable bonds is 10. The number of ether oxygens (including phenoxy) is 3. The Hall–Kier alpha value is -3.13. The van der Waals surface area contributed by atoms with E-state index in [0.717, 1.165) is 5.69 Å². The molecule has 2 rings (SSSR count). The highest BCUT2D eigenvalue weighted by molar-refractivity contribution is 6.32. The van der Waals surface area contributed by atoms with Gasteiger partial charge in [-0.3, -0.25) is 9.59 Å². The maximum absolute atomic E-state index is 12.7. The molecule has 0 unspecified atom stereocenters. The van der Waals surface area contributed by atoms with Crippen LogP contribution in [0.3, 0.4) is 0 Å². The van der Waals surface area contributed by atoms with Crippen molar-refractivity contribution < 1.29 is 23.8 Å². The van der Waals surface area contributed by atoms with Gasteiger partial charge in [0.1, 0.15) is 17.2 Å². The number of nitrogens with two attached hydrogens (primary N) is 1. The number of nitrogens with one attached hydrogen (secondary N) is 1. The second-order valence-corrected chi connectivity index (χ2v) is 6.48. The van der Waals surface area contributed by atoms with E-state index in [1.165, 1.54) is 14.2 Å². The summed E-state index contributed by atoms with van der Waals surface area (Å²) in [5, 5.41) is 3.11. The molecule has 9 heteroatoms. The summed E-state index contributed by atoms with van der Waals surface area (Å²) in [5.41, 5.74) is 6.43. The highest BCUT2D eigenvalue weighted by Crippen LogP contribution is 2.35. The number of halogens is 1. The smallest absolute Gasteiger partial charge is 0.243 e. The molecule has 0 saturated carbocycles. The van der Waals surface area contributed by atoms with Crippen molar-refractivity contribution in [3.8, 4) is 17.2 Å². The molecule has 0 fully saturated rings. The molecule has 0 heterocycles. The first-order valence-electron chi connectivity index (χ1n) is 8.76. The van der Waals surface area contributed by atoms with Gasteiger partial charge in [-0.05, 0) is 30.3 Å². The van der Waals surface area contributed by atoms with Crippen LogP contribution in [0.25, 0.3) is 0 Å². The van der Waals surface area contributed by atoms with Crippen LogP contribution in [-0.4, -0.2) is 46.2 Å². The van der Waals surface area contributed by atoms with Crippen molar-refractivity contribution in [2.75, 3.05) is 44.6 Å². The first kappa shape index (κ1) is 22.2. The molecule has 0 atom stereocenters. The fraction of sp³-hybridized carbons (Fsp3) is 0.300. The van der Waals surface area contributed by atoms with Crippen molar-refractivity contribution in [3.05, 3.63) is 41.4 Å². The molecule has 0 aliphatic rings. The molecule has 2 aromatic carbocycles. The quantitative estimate of drug-likeness (QED) is 0.611. The van der Waals surface area contributed by atoms with Gasteiger partial charge in [0, 0.05) is 24.7 Å². The third-order valence-corrected chi connectivity index (χ3v) is 4.44. The Morgan fingerprint density at radius 2 is 1.69 bits per heavy atom. The molecule has 0 aliphatic heterocycles. The van der Waals surface area contributed by atoms with Gasteiger partial charge < -0.3 is 30.2 Å². The zero-order chi connectivity index (χ0) is 21.4. The Morgan fingerprint density at radius 3 is 2.24 bits per heavy atom. The van der Waals surface area contributed by atoms with Crippen LogP contribution < -0.4 is 30.2 Å². The van der Waals surface area contributed by atoms with Crippen molar-refractivity contribution in [1.29, 1.82) is 0 Å². The summed E-state index contributed by atoms with van der Waals surface area (Å²) in [4.78, 5) is 25.6. The number of primary amides is 1. The average molecular weight is 422 g/mol. The fourth-order valence-electron chi connectivity index (χ4n) is 2.66. The highest BCUT2D eigenvalue weighted by atomic mass is 35.5. The normalized spacial score (nSPS) is 10.2. The van der Waals surface area contributed by atoms with E-state index in [1.807, 2.05) is 0 Å². The van der Waals surface area contributed by atoms with E-state index in [2.05, 4.69) is 5.32 Å². The minimum Gasteiger partial charge on any atom is -0.497 e.